The van der Waals surface area contributed by atoms with Gasteiger partial charge in [-0.3, -0.25) is 9.48 Å². The Hall–Kier alpha value is -3.48. The molecule has 0 aliphatic carbocycles. The van der Waals surface area contributed by atoms with Crippen molar-refractivity contribution < 1.29 is 9.53 Å². The molecule has 3 aromatic rings. The molecule has 0 spiro atoms. The molecule has 0 bridgehead atoms. The summed E-state index contributed by atoms with van der Waals surface area (Å²) in [7, 11) is 0. The number of amides is 1. The smallest absolute Gasteiger partial charge is 0.252 e. The van der Waals surface area contributed by atoms with Crippen LogP contribution in [0.1, 0.15) is 36.2 Å². The van der Waals surface area contributed by atoms with Crippen LogP contribution in [0, 0.1) is 11.3 Å². The van der Waals surface area contributed by atoms with E-state index in [2.05, 4.69) is 25.7 Å². The first-order valence-electron chi connectivity index (χ1n) is 10.3. The Morgan fingerprint density at radius 2 is 2.03 bits per heavy atom. The zero-order chi connectivity index (χ0) is 22.5. The summed E-state index contributed by atoms with van der Waals surface area (Å²) in [6.45, 7) is 3.11. The number of aromatic nitrogens is 4. The molecule has 9 nitrogen and oxygen atoms in total. The second-order valence-corrected chi connectivity index (χ2v) is 7.88. The number of carbonyl (C=O) groups is 1. The summed E-state index contributed by atoms with van der Waals surface area (Å²) in [6.07, 6.45) is 7.08. The van der Waals surface area contributed by atoms with Gasteiger partial charge in [0, 0.05) is 30.5 Å². The highest BCUT2D eigenvalue weighted by Gasteiger charge is 2.17. The molecule has 0 unspecified atom stereocenters. The molecule has 1 aliphatic heterocycles. The average Bonchev–Trinajstić information content (AvgIpc) is 3.29. The monoisotopic (exact) mass is 451 g/mol. The molecule has 1 aliphatic rings. The Kier molecular flexibility index (Phi) is 6.63. The predicted molar refractivity (Wildman–Crippen MR) is 120 cm³/mol. The van der Waals surface area contributed by atoms with Gasteiger partial charge >= 0.3 is 0 Å². The van der Waals surface area contributed by atoms with Crippen LogP contribution in [0.4, 0.5) is 11.6 Å². The van der Waals surface area contributed by atoms with Crippen LogP contribution in [-0.4, -0.2) is 44.9 Å². The van der Waals surface area contributed by atoms with Gasteiger partial charge in [-0.1, -0.05) is 23.7 Å². The molecule has 1 saturated heterocycles. The maximum atomic E-state index is 12.2. The third kappa shape index (κ3) is 5.04. The van der Waals surface area contributed by atoms with E-state index >= 15 is 0 Å². The zero-order valence-electron chi connectivity index (χ0n) is 17.5. The van der Waals surface area contributed by atoms with Gasteiger partial charge in [0.2, 0.25) is 5.95 Å². The fraction of sp³-hybridized carbons (Fsp3) is 0.318. The lowest BCUT2D eigenvalue weighted by atomic mass is 10.1. The van der Waals surface area contributed by atoms with Crippen molar-refractivity contribution in [2.75, 3.05) is 18.5 Å². The molecular weight excluding hydrogens is 430 g/mol. The van der Waals surface area contributed by atoms with Crippen LogP contribution < -0.4 is 10.6 Å². The predicted octanol–water partition coefficient (Wildman–Crippen LogP) is 3.73. The molecule has 2 aromatic heterocycles. The Morgan fingerprint density at radius 3 is 2.75 bits per heavy atom. The SMILES string of the molecule is C[C@@H](C#N)NC(=O)c1ccc(-c2nc(Nc3cnn(C4CCOCC4)c3)ncc2Cl)cc1. The van der Waals surface area contributed by atoms with Crippen molar-refractivity contribution in [2.24, 2.45) is 0 Å². The molecule has 0 radical (unpaired) electrons. The zero-order valence-corrected chi connectivity index (χ0v) is 18.2. The lowest BCUT2D eigenvalue weighted by molar-refractivity contribution is 0.0662. The Labute approximate surface area is 190 Å². The summed E-state index contributed by atoms with van der Waals surface area (Å²) in [5.41, 5.74) is 2.50. The molecule has 1 atom stereocenters. The van der Waals surface area contributed by atoms with E-state index < -0.39 is 6.04 Å². The second kappa shape index (κ2) is 9.77. The van der Waals surface area contributed by atoms with Gasteiger partial charge in [0.15, 0.2) is 0 Å². The van der Waals surface area contributed by atoms with Crippen molar-refractivity contribution in [1.82, 2.24) is 25.1 Å². The van der Waals surface area contributed by atoms with Crippen molar-refractivity contribution in [1.29, 1.82) is 5.26 Å². The standard InChI is InChI=1S/C22H22ClN7O2/c1-14(10-24)27-21(31)16-4-2-15(3-5-16)20-19(23)12-25-22(29-20)28-17-11-26-30(13-17)18-6-8-32-9-7-18/h2-5,11-14,18H,6-9H2,1H3,(H,27,31)(H,25,28,29)/t14-/m0/s1. The summed E-state index contributed by atoms with van der Waals surface area (Å²) < 4.78 is 7.35. The molecule has 1 aromatic carbocycles. The van der Waals surface area contributed by atoms with Crippen LogP contribution in [0.5, 0.6) is 0 Å². The van der Waals surface area contributed by atoms with E-state index in [0.29, 0.717) is 28.3 Å². The molecular formula is C22H22ClN7O2. The van der Waals surface area contributed by atoms with Crippen molar-refractivity contribution in [3.05, 3.63) is 53.4 Å². The molecule has 3 heterocycles. The van der Waals surface area contributed by atoms with E-state index in [-0.39, 0.29) is 5.91 Å². The van der Waals surface area contributed by atoms with Crippen molar-refractivity contribution in [3.63, 3.8) is 0 Å². The number of hydrogen-bond donors (Lipinski definition) is 2. The number of benzene rings is 1. The highest BCUT2D eigenvalue weighted by Crippen LogP contribution is 2.28. The van der Waals surface area contributed by atoms with Crippen molar-refractivity contribution >= 4 is 29.1 Å². The van der Waals surface area contributed by atoms with Gasteiger partial charge in [-0.05, 0) is 31.9 Å². The number of halogens is 1. The number of rotatable bonds is 6. The summed E-state index contributed by atoms with van der Waals surface area (Å²) >= 11 is 6.33. The number of hydrogen-bond acceptors (Lipinski definition) is 7. The van der Waals surface area contributed by atoms with Gasteiger partial charge in [-0.25, -0.2) is 9.97 Å². The molecule has 1 amide bonds. The van der Waals surface area contributed by atoms with Gasteiger partial charge < -0.3 is 15.4 Å². The van der Waals surface area contributed by atoms with Crippen LogP contribution in [-0.2, 0) is 4.74 Å². The second-order valence-electron chi connectivity index (χ2n) is 7.47. The number of nitrogens with one attached hydrogen (secondary N) is 2. The molecule has 32 heavy (non-hydrogen) atoms. The molecule has 0 saturated carbocycles. The van der Waals surface area contributed by atoms with Gasteiger partial charge in [0.25, 0.3) is 5.91 Å². The average molecular weight is 452 g/mol. The largest absolute Gasteiger partial charge is 0.381 e. The number of nitrogens with zero attached hydrogens (tertiary/aromatic N) is 5. The minimum atomic E-state index is -0.567. The normalized spacial score (nSPS) is 15.0. The molecule has 1 fully saturated rings. The van der Waals surface area contributed by atoms with Crippen molar-refractivity contribution in [2.45, 2.75) is 31.8 Å². The highest BCUT2D eigenvalue weighted by molar-refractivity contribution is 6.32. The molecule has 4 rings (SSSR count). The maximum absolute atomic E-state index is 12.2. The first-order chi connectivity index (χ1) is 15.5. The van der Waals surface area contributed by atoms with E-state index in [0.717, 1.165) is 37.3 Å². The third-order valence-corrected chi connectivity index (χ3v) is 5.41. The van der Waals surface area contributed by atoms with Crippen LogP contribution >= 0.6 is 11.6 Å². The molecule has 164 valence electrons. The topological polar surface area (TPSA) is 118 Å². The van der Waals surface area contributed by atoms with Crippen LogP contribution in [0.2, 0.25) is 5.02 Å². The van der Waals surface area contributed by atoms with Gasteiger partial charge in [-0.2, -0.15) is 10.4 Å². The Balaban J connectivity index is 1.49. The lowest BCUT2D eigenvalue weighted by Crippen LogP contribution is -2.31. The Bertz CT molecular complexity index is 1130. The van der Waals surface area contributed by atoms with Crippen LogP contribution in [0.25, 0.3) is 11.3 Å². The fourth-order valence-electron chi connectivity index (χ4n) is 3.40. The van der Waals surface area contributed by atoms with Gasteiger partial charge in [0.05, 0.1) is 40.9 Å². The fourth-order valence-corrected chi connectivity index (χ4v) is 3.60. The highest BCUT2D eigenvalue weighted by atomic mass is 35.5. The lowest BCUT2D eigenvalue weighted by Gasteiger charge is -2.22. The summed E-state index contributed by atoms with van der Waals surface area (Å²) in [4.78, 5) is 21.0. The number of carbonyl (C=O) groups excluding carboxylic acids is 1. The first-order valence-corrected chi connectivity index (χ1v) is 10.6. The minimum absolute atomic E-state index is 0.316. The van der Waals surface area contributed by atoms with E-state index in [1.54, 1.807) is 37.4 Å². The number of nitriles is 1. The van der Waals surface area contributed by atoms with E-state index in [1.807, 2.05) is 16.9 Å². The van der Waals surface area contributed by atoms with Crippen LogP contribution in [0.15, 0.2) is 42.9 Å². The number of ether oxygens (including phenoxy) is 1. The molecule has 2 N–H and O–H groups in total. The van der Waals surface area contributed by atoms with Crippen LogP contribution in [0.3, 0.4) is 0 Å². The quantitative estimate of drug-likeness (QED) is 0.586. The molecule has 10 heteroatoms. The van der Waals surface area contributed by atoms with E-state index in [9.17, 15) is 4.79 Å². The summed E-state index contributed by atoms with van der Waals surface area (Å²) in [6, 6.07) is 8.58. The summed E-state index contributed by atoms with van der Waals surface area (Å²) in [5.74, 6) is 0.0730. The van der Waals surface area contributed by atoms with Gasteiger partial charge in [0.1, 0.15) is 6.04 Å². The number of anilines is 2. The minimum Gasteiger partial charge on any atom is -0.381 e. The Morgan fingerprint density at radius 1 is 1.28 bits per heavy atom. The first kappa shape index (κ1) is 21.7. The third-order valence-electron chi connectivity index (χ3n) is 5.13. The maximum Gasteiger partial charge on any atom is 0.252 e. The summed E-state index contributed by atoms with van der Waals surface area (Å²) in [5, 5.41) is 19.5. The van der Waals surface area contributed by atoms with E-state index in [4.69, 9.17) is 21.6 Å². The van der Waals surface area contributed by atoms with Crippen molar-refractivity contribution in [3.8, 4) is 17.3 Å². The van der Waals surface area contributed by atoms with Gasteiger partial charge in [-0.15, -0.1) is 0 Å². The van der Waals surface area contributed by atoms with E-state index in [1.165, 1.54) is 6.20 Å².